The van der Waals surface area contributed by atoms with Gasteiger partial charge < -0.3 is 10.1 Å². The van der Waals surface area contributed by atoms with E-state index in [2.05, 4.69) is 30.7 Å². The number of rotatable bonds is 9. The Morgan fingerprint density at radius 2 is 2.26 bits per heavy atom. The Morgan fingerprint density at radius 3 is 2.87 bits per heavy atom. The first-order valence-electron chi connectivity index (χ1n) is 7.87. The van der Waals surface area contributed by atoms with Crippen LogP contribution in [0.15, 0.2) is 35.8 Å². The number of nitrogens with zero attached hydrogens (tertiary/aromatic N) is 1. The van der Waals surface area contributed by atoms with Crippen LogP contribution in [0, 0.1) is 0 Å². The molecule has 1 rings (SSSR count). The summed E-state index contributed by atoms with van der Waals surface area (Å²) in [4.78, 5) is 14.9. The third kappa shape index (κ3) is 7.01. The Labute approximate surface area is 143 Å². The lowest BCUT2D eigenvalue weighted by Crippen LogP contribution is -2.17. The summed E-state index contributed by atoms with van der Waals surface area (Å²) >= 11 is 1.37. The highest BCUT2D eigenvalue weighted by atomic mass is 32.2. The Hall–Kier alpha value is -1.59. The lowest BCUT2D eigenvalue weighted by atomic mass is 10.1. The van der Waals surface area contributed by atoms with E-state index in [4.69, 9.17) is 4.74 Å². The van der Waals surface area contributed by atoms with Gasteiger partial charge in [-0.15, -0.1) is 0 Å². The molecular formula is C18H26N2O2S. The van der Waals surface area contributed by atoms with Crippen LogP contribution >= 0.6 is 11.8 Å². The first-order chi connectivity index (χ1) is 11.1. The van der Waals surface area contributed by atoms with E-state index in [0.29, 0.717) is 30.0 Å². The fourth-order valence-corrected chi connectivity index (χ4v) is 2.52. The quantitative estimate of drug-likeness (QED) is 0.418. The van der Waals surface area contributed by atoms with E-state index in [1.54, 1.807) is 0 Å². The van der Waals surface area contributed by atoms with Crippen molar-refractivity contribution in [3.8, 4) is 0 Å². The molecule has 1 aromatic rings. The Kier molecular flexibility index (Phi) is 9.33. The van der Waals surface area contributed by atoms with Gasteiger partial charge in [-0.3, -0.25) is 4.79 Å². The van der Waals surface area contributed by atoms with Gasteiger partial charge in [0.15, 0.2) is 5.17 Å². The molecule has 1 atom stereocenters. The van der Waals surface area contributed by atoms with E-state index in [0.717, 1.165) is 30.4 Å². The lowest BCUT2D eigenvalue weighted by molar-refractivity contribution is -0.108. The second-order valence-electron chi connectivity index (χ2n) is 5.16. The third-order valence-electron chi connectivity index (χ3n) is 3.42. The predicted molar refractivity (Wildman–Crippen MR) is 99.4 cm³/mol. The molecule has 0 fully saturated rings. The topological polar surface area (TPSA) is 50.7 Å². The van der Waals surface area contributed by atoms with E-state index in [1.807, 2.05) is 30.5 Å². The van der Waals surface area contributed by atoms with Gasteiger partial charge in [-0.05, 0) is 36.3 Å². The summed E-state index contributed by atoms with van der Waals surface area (Å²) in [6, 6.07) is 8.00. The van der Waals surface area contributed by atoms with Crippen LogP contribution in [0.4, 0.5) is 0 Å². The monoisotopic (exact) mass is 334 g/mol. The molecule has 0 heterocycles. The van der Waals surface area contributed by atoms with Crippen molar-refractivity contribution in [2.24, 2.45) is 4.99 Å². The average Bonchev–Trinajstić information content (AvgIpc) is 2.58. The molecule has 1 N–H and O–H groups in total. The van der Waals surface area contributed by atoms with E-state index >= 15 is 0 Å². The minimum atomic E-state index is 0.310. The Bertz CT molecular complexity index is 544. The van der Waals surface area contributed by atoms with Crippen LogP contribution in [0.1, 0.15) is 44.2 Å². The molecule has 0 spiro atoms. The molecule has 0 saturated carbocycles. The number of nitrogens with one attached hydrogen (secondary N) is 1. The van der Waals surface area contributed by atoms with Crippen molar-refractivity contribution in [1.82, 2.24) is 5.32 Å². The summed E-state index contributed by atoms with van der Waals surface area (Å²) in [5, 5.41) is 3.08. The van der Waals surface area contributed by atoms with Crippen molar-refractivity contribution in [3.63, 3.8) is 0 Å². The third-order valence-corrected chi connectivity index (χ3v) is 4.02. The molecule has 0 aliphatic carbocycles. The molecule has 0 aliphatic rings. The summed E-state index contributed by atoms with van der Waals surface area (Å²) in [5.41, 5.74) is 2.64. The largest absolute Gasteiger partial charge is 0.374 e. The molecule has 23 heavy (non-hydrogen) atoms. The number of benzene rings is 1. The predicted octanol–water partition coefficient (Wildman–Crippen LogP) is 4.22. The number of amidine groups is 1. The van der Waals surface area contributed by atoms with Crippen LogP contribution in [0.25, 0.3) is 5.70 Å². The van der Waals surface area contributed by atoms with Gasteiger partial charge in [0.25, 0.3) is 0 Å². The average molecular weight is 334 g/mol. The molecule has 0 aliphatic heterocycles. The molecule has 0 saturated heterocycles. The maximum absolute atomic E-state index is 10.5. The van der Waals surface area contributed by atoms with Crippen molar-refractivity contribution >= 4 is 29.0 Å². The number of carbonyl (C=O) groups is 1. The number of thioether (sulfide) groups is 1. The van der Waals surface area contributed by atoms with Gasteiger partial charge in [-0.1, -0.05) is 56.8 Å². The standard InChI is InChI=1S/C18H26N2O2S/c1-5-8-17(6-2)22-12-15-9-7-10-16(11-15)14(3)20-18(23-4)19-13-21/h7,9-11,13,17H,3,5-6,8,12H2,1-2,4H3,(H,19,20,21). The van der Waals surface area contributed by atoms with Crippen molar-refractivity contribution in [2.75, 3.05) is 6.26 Å². The van der Waals surface area contributed by atoms with Crippen LogP contribution < -0.4 is 5.32 Å². The molecular weight excluding hydrogens is 308 g/mol. The summed E-state index contributed by atoms with van der Waals surface area (Å²) in [6.45, 7) is 8.89. The van der Waals surface area contributed by atoms with Crippen molar-refractivity contribution < 1.29 is 9.53 Å². The summed E-state index contributed by atoms with van der Waals surface area (Å²) in [7, 11) is 0. The molecule has 0 radical (unpaired) electrons. The smallest absolute Gasteiger partial charge is 0.213 e. The molecule has 1 unspecified atom stereocenters. The van der Waals surface area contributed by atoms with Gasteiger partial charge in [-0.2, -0.15) is 0 Å². The van der Waals surface area contributed by atoms with Crippen LogP contribution in [0.2, 0.25) is 0 Å². The maximum Gasteiger partial charge on any atom is 0.213 e. The SMILES string of the molecule is C=C(N=C(NC=O)SC)c1cccc(COC(CC)CCC)c1. The number of amides is 1. The van der Waals surface area contributed by atoms with Gasteiger partial charge in [-0.25, -0.2) is 4.99 Å². The minimum absolute atomic E-state index is 0.310. The van der Waals surface area contributed by atoms with Crippen LogP contribution in [0.5, 0.6) is 0 Å². The van der Waals surface area contributed by atoms with Gasteiger partial charge in [0.1, 0.15) is 0 Å². The van der Waals surface area contributed by atoms with Crippen LogP contribution in [0.3, 0.4) is 0 Å². The van der Waals surface area contributed by atoms with Crippen molar-refractivity contribution in [3.05, 3.63) is 42.0 Å². The highest BCUT2D eigenvalue weighted by Gasteiger charge is 2.07. The second-order valence-corrected chi connectivity index (χ2v) is 5.96. The van der Waals surface area contributed by atoms with E-state index < -0.39 is 0 Å². The van der Waals surface area contributed by atoms with Gasteiger partial charge >= 0.3 is 0 Å². The number of hydrogen-bond acceptors (Lipinski definition) is 4. The van der Waals surface area contributed by atoms with Crippen LogP contribution in [-0.4, -0.2) is 23.9 Å². The molecule has 1 aromatic carbocycles. The number of hydrogen-bond donors (Lipinski definition) is 1. The summed E-state index contributed by atoms with van der Waals surface area (Å²) < 4.78 is 5.97. The molecule has 4 nitrogen and oxygen atoms in total. The van der Waals surface area contributed by atoms with Gasteiger partial charge in [0.05, 0.1) is 18.4 Å². The van der Waals surface area contributed by atoms with Gasteiger partial charge in [0, 0.05) is 0 Å². The molecule has 126 valence electrons. The molecule has 1 amide bonds. The Balaban J connectivity index is 2.75. The molecule has 0 aromatic heterocycles. The lowest BCUT2D eigenvalue weighted by Gasteiger charge is -2.15. The number of ether oxygens (including phenoxy) is 1. The zero-order valence-corrected chi connectivity index (χ0v) is 15.0. The van der Waals surface area contributed by atoms with E-state index in [1.165, 1.54) is 11.8 Å². The molecule has 5 heteroatoms. The summed E-state index contributed by atoms with van der Waals surface area (Å²) in [6.07, 6.45) is 6.02. The zero-order chi connectivity index (χ0) is 17.1. The first-order valence-corrected chi connectivity index (χ1v) is 9.09. The number of aliphatic imine (C=N–C) groups is 1. The maximum atomic E-state index is 10.5. The van der Waals surface area contributed by atoms with E-state index in [9.17, 15) is 4.79 Å². The van der Waals surface area contributed by atoms with Crippen molar-refractivity contribution in [2.45, 2.75) is 45.8 Å². The fourth-order valence-electron chi connectivity index (χ4n) is 2.16. The molecule has 0 bridgehead atoms. The van der Waals surface area contributed by atoms with E-state index in [-0.39, 0.29) is 0 Å². The fraction of sp³-hybridized carbons (Fsp3) is 0.444. The zero-order valence-electron chi connectivity index (χ0n) is 14.2. The number of carbonyl (C=O) groups excluding carboxylic acids is 1. The van der Waals surface area contributed by atoms with Gasteiger partial charge in [0.2, 0.25) is 6.41 Å². The normalized spacial score (nSPS) is 12.7. The first kappa shape index (κ1) is 19.5. The summed E-state index contributed by atoms with van der Waals surface area (Å²) in [5.74, 6) is 0. The second kappa shape index (κ2) is 11.0. The van der Waals surface area contributed by atoms with Crippen molar-refractivity contribution in [1.29, 1.82) is 0 Å². The minimum Gasteiger partial charge on any atom is -0.374 e. The highest BCUT2D eigenvalue weighted by Crippen LogP contribution is 2.18. The highest BCUT2D eigenvalue weighted by molar-refractivity contribution is 8.13. The van der Waals surface area contributed by atoms with Crippen LogP contribution in [-0.2, 0) is 16.1 Å². The Morgan fingerprint density at radius 1 is 1.48 bits per heavy atom.